The first-order valence-corrected chi connectivity index (χ1v) is 8.59. The van der Waals surface area contributed by atoms with Crippen molar-refractivity contribution in [1.82, 2.24) is 0 Å². The molecule has 0 saturated heterocycles. The van der Waals surface area contributed by atoms with E-state index in [1.807, 2.05) is 6.08 Å². The number of unbranched alkanes of at least 4 members (excludes halogenated alkanes) is 5. The standard InChI is InChI=1S/C14H28O4S.Na/c1-3-5-7-9-11-14(12-10-8-6-4-2)13-18-19(15,16)17;/h9,11,14H,3-8,10,12-13H2,1-2H3,(H,15,16,17);/q;+1/p-1/b11-9+;. The van der Waals surface area contributed by atoms with Crippen molar-refractivity contribution in [2.75, 3.05) is 6.61 Å². The van der Waals surface area contributed by atoms with Crippen molar-refractivity contribution < 1.29 is 46.7 Å². The Morgan fingerprint density at radius 2 is 1.75 bits per heavy atom. The molecule has 0 amide bonds. The van der Waals surface area contributed by atoms with Gasteiger partial charge in [-0.3, -0.25) is 4.18 Å². The van der Waals surface area contributed by atoms with Gasteiger partial charge in [-0.2, -0.15) is 0 Å². The first kappa shape index (κ1) is 22.9. The summed E-state index contributed by atoms with van der Waals surface area (Å²) in [5.41, 5.74) is 0. The van der Waals surface area contributed by atoms with Crippen LogP contribution in [0.25, 0.3) is 0 Å². The summed E-state index contributed by atoms with van der Waals surface area (Å²) >= 11 is 0. The molecule has 0 N–H and O–H groups in total. The first-order valence-electron chi connectivity index (χ1n) is 7.26. The molecule has 0 radical (unpaired) electrons. The SMILES string of the molecule is CCCC/C=C/C(CCCCCC)COS(=O)(=O)[O-].[Na+]. The van der Waals surface area contributed by atoms with Gasteiger partial charge >= 0.3 is 29.6 Å². The third kappa shape index (κ3) is 16.7. The number of allylic oxidation sites excluding steroid dienone is 1. The smallest absolute Gasteiger partial charge is 0.726 e. The Bertz CT molecular complexity index is 328. The van der Waals surface area contributed by atoms with E-state index in [9.17, 15) is 13.0 Å². The maximum Gasteiger partial charge on any atom is 1.00 e. The summed E-state index contributed by atoms with van der Waals surface area (Å²) in [4.78, 5) is 0. The van der Waals surface area contributed by atoms with Gasteiger partial charge in [-0.25, -0.2) is 8.42 Å². The van der Waals surface area contributed by atoms with Crippen LogP contribution in [-0.4, -0.2) is 19.6 Å². The van der Waals surface area contributed by atoms with E-state index in [4.69, 9.17) is 0 Å². The zero-order chi connectivity index (χ0) is 14.6. The Morgan fingerprint density at radius 1 is 1.10 bits per heavy atom. The van der Waals surface area contributed by atoms with Gasteiger partial charge < -0.3 is 4.55 Å². The van der Waals surface area contributed by atoms with Crippen molar-refractivity contribution in [2.45, 2.75) is 65.2 Å². The van der Waals surface area contributed by atoms with Crippen LogP contribution in [0.15, 0.2) is 12.2 Å². The van der Waals surface area contributed by atoms with Gasteiger partial charge in [-0.15, -0.1) is 0 Å². The summed E-state index contributed by atoms with van der Waals surface area (Å²) in [6.45, 7) is 4.25. The van der Waals surface area contributed by atoms with Gasteiger partial charge in [0.1, 0.15) is 0 Å². The van der Waals surface area contributed by atoms with Crippen LogP contribution in [0.2, 0.25) is 0 Å². The predicted molar refractivity (Wildman–Crippen MR) is 76.6 cm³/mol. The Morgan fingerprint density at radius 3 is 2.30 bits per heavy atom. The first-order chi connectivity index (χ1) is 8.99. The molecule has 0 fully saturated rings. The van der Waals surface area contributed by atoms with E-state index in [1.54, 1.807) is 0 Å². The van der Waals surface area contributed by atoms with E-state index in [1.165, 1.54) is 12.8 Å². The van der Waals surface area contributed by atoms with Crippen LogP contribution >= 0.6 is 0 Å². The zero-order valence-electron chi connectivity index (χ0n) is 13.1. The Hall–Kier alpha value is 0.610. The monoisotopic (exact) mass is 314 g/mol. The molecule has 4 nitrogen and oxygen atoms in total. The fraction of sp³-hybridized carbons (Fsp3) is 0.857. The summed E-state index contributed by atoms with van der Waals surface area (Å²) in [5, 5.41) is 0. The Labute approximate surface area is 146 Å². The van der Waals surface area contributed by atoms with Crippen molar-refractivity contribution >= 4 is 10.4 Å². The van der Waals surface area contributed by atoms with Crippen molar-refractivity contribution in [3.8, 4) is 0 Å². The summed E-state index contributed by atoms with van der Waals surface area (Å²) in [6.07, 6.45) is 12.7. The molecule has 0 bridgehead atoms. The molecule has 0 spiro atoms. The molecule has 1 unspecified atom stereocenters. The van der Waals surface area contributed by atoms with Crippen molar-refractivity contribution in [3.63, 3.8) is 0 Å². The van der Waals surface area contributed by atoms with Crippen LogP contribution in [0, 0.1) is 5.92 Å². The van der Waals surface area contributed by atoms with Gasteiger partial charge in [0.15, 0.2) is 0 Å². The molecule has 0 aliphatic rings. The second kappa shape index (κ2) is 14.5. The summed E-state index contributed by atoms with van der Waals surface area (Å²) in [7, 11) is -4.57. The quantitative estimate of drug-likeness (QED) is 0.176. The van der Waals surface area contributed by atoms with Crippen LogP contribution in [0.5, 0.6) is 0 Å². The molecule has 0 aromatic carbocycles. The van der Waals surface area contributed by atoms with Crippen LogP contribution in [0.3, 0.4) is 0 Å². The molecule has 0 aromatic rings. The van der Waals surface area contributed by atoms with Crippen LogP contribution < -0.4 is 29.6 Å². The third-order valence-corrected chi connectivity index (χ3v) is 3.41. The predicted octanol–water partition coefficient (Wildman–Crippen LogP) is 0.800. The number of hydrogen-bond acceptors (Lipinski definition) is 4. The molecular weight excluding hydrogens is 287 g/mol. The molecule has 1 atom stereocenters. The van der Waals surface area contributed by atoms with E-state index < -0.39 is 10.4 Å². The topological polar surface area (TPSA) is 66.4 Å². The fourth-order valence-electron chi connectivity index (χ4n) is 1.85. The molecule has 20 heavy (non-hydrogen) atoms. The summed E-state index contributed by atoms with van der Waals surface area (Å²) < 4.78 is 35.8. The number of rotatable bonds is 12. The average Bonchev–Trinajstić information content (AvgIpc) is 2.34. The van der Waals surface area contributed by atoms with Gasteiger partial charge in [-0.05, 0) is 12.8 Å². The molecule has 0 rings (SSSR count). The molecule has 6 heteroatoms. The largest absolute Gasteiger partial charge is 1.00 e. The maximum atomic E-state index is 10.5. The van der Waals surface area contributed by atoms with E-state index >= 15 is 0 Å². The third-order valence-electron chi connectivity index (χ3n) is 2.99. The second-order valence-electron chi connectivity index (χ2n) is 4.87. The normalized spacial score (nSPS) is 13.3. The minimum Gasteiger partial charge on any atom is -0.726 e. The minimum atomic E-state index is -4.57. The summed E-state index contributed by atoms with van der Waals surface area (Å²) in [6, 6.07) is 0. The Balaban J connectivity index is 0. The fourth-order valence-corrected chi connectivity index (χ4v) is 2.19. The molecule has 0 aromatic heterocycles. The number of hydrogen-bond donors (Lipinski definition) is 0. The molecular formula is C14H27NaO4S. The van der Waals surface area contributed by atoms with Crippen molar-refractivity contribution in [3.05, 3.63) is 12.2 Å². The van der Waals surface area contributed by atoms with Crippen molar-refractivity contribution in [1.29, 1.82) is 0 Å². The average molecular weight is 314 g/mol. The van der Waals surface area contributed by atoms with Crippen LogP contribution in [0.4, 0.5) is 0 Å². The van der Waals surface area contributed by atoms with Crippen LogP contribution in [-0.2, 0) is 14.6 Å². The van der Waals surface area contributed by atoms with Crippen LogP contribution in [0.1, 0.15) is 65.2 Å². The van der Waals surface area contributed by atoms with Gasteiger partial charge in [0.05, 0.1) is 6.61 Å². The molecule has 0 saturated carbocycles. The zero-order valence-corrected chi connectivity index (χ0v) is 16.0. The molecule has 114 valence electrons. The Kier molecular flexibility index (Phi) is 16.6. The maximum absolute atomic E-state index is 10.5. The molecule has 0 aliphatic carbocycles. The van der Waals surface area contributed by atoms with Gasteiger partial charge in [0.2, 0.25) is 10.4 Å². The van der Waals surface area contributed by atoms with Gasteiger partial charge in [0, 0.05) is 5.92 Å². The molecule has 0 aliphatic heterocycles. The molecule has 0 heterocycles. The van der Waals surface area contributed by atoms with Crippen molar-refractivity contribution in [2.24, 2.45) is 5.92 Å². The van der Waals surface area contributed by atoms with E-state index in [0.29, 0.717) is 0 Å². The van der Waals surface area contributed by atoms with E-state index in [2.05, 4.69) is 24.1 Å². The summed E-state index contributed by atoms with van der Waals surface area (Å²) in [5.74, 6) is 0.0254. The van der Waals surface area contributed by atoms with E-state index in [0.717, 1.165) is 38.5 Å². The second-order valence-corrected chi connectivity index (χ2v) is 5.92. The minimum absolute atomic E-state index is 0. The van der Waals surface area contributed by atoms with Gasteiger partial charge in [0.25, 0.3) is 0 Å². The van der Waals surface area contributed by atoms with E-state index in [-0.39, 0.29) is 42.1 Å². The van der Waals surface area contributed by atoms with Gasteiger partial charge in [-0.1, -0.05) is 64.5 Å².